The largest absolute Gasteiger partial charge is 0.385 e. The van der Waals surface area contributed by atoms with Crippen LogP contribution in [0.2, 0.25) is 0 Å². The van der Waals surface area contributed by atoms with Crippen LogP contribution in [0, 0.1) is 0 Å². The summed E-state index contributed by atoms with van der Waals surface area (Å²) in [4.78, 5) is 2.42. The first kappa shape index (κ1) is 14.0. The van der Waals surface area contributed by atoms with Gasteiger partial charge < -0.3 is 15.0 Å². The second-order valence-corrected chi connectivity index (χ2v) is 5.36. The molecule has 0 amide bonds. The molecular formula is C18H22N2O. The van der Waals surface area contributed by atoms with Crippen LogP contribution in [-0.2, 0) is 4.74 Å². The summed E-state index contributed by atoms with van der Waals surface area (Å²) < 4.78 is 5.12. The Balaban J connectivity index is 1.78. The molecule has 1 aliphatic rings. The van der Waals surface area contributed by atoms with Gasteiger partial charge in [-0.1, -0.05) is 24.3 Å². The molecule has 1 aliphatic heterocycles. The second-order valence-electron chi connectivity index (χ2n) is 5.36. The number of para-hydroxylation sites is 4. The molecule has 0 aliphatic carbocycles. The van der Waals surface area contributed by atoms with Crippen LogP contribution >= 0.6 is 0 Å². The molecule has 0 fully saturated rings. The van der Waals surface area contributed by atoms with Crippen LogP contribution in [0.15, 0.2) is 48.5 Å². The van der Waals surface area contributed by atoms with E-state index in [1.165, 1.54) is 35.6 Å². The van der Waals surface area contributed by atoms with Crippen molar-refractivity contribution in [1.82, 2.24) is 0 Å². The maximum Gasteiger partial charge on any atom is 0.0650 e. The minimum Gasteiger partial charge on any atom is -0.385 e. The zero-order chi connectivity index (χ0) is 14.5. The average Bonchev–Trinajstić information content (AvgIpc) is 2.53. The van der Waals surface area contributed by atoms with Crippen molar-refractivity contribution in [3.05, 3.63) is 48.5 Å². The minimum absolute atomic E-state index is 0.856. The van der Waals surface area contributed by atoms with E-state index in [4.69, 9.17) is 4.74 Å². The van der Waals surface area contributed by atoms with Gasteiger partial charge in [0.05, 0.1) is 22.7 Å². The van der Waals surface area contributed by atoms with Gasteiger partial charge in [0.25, 0.3) is 0 Å². The summed E-state index contributed by atoms with van der Waals surface area (Å²) >= 11 is 0. The molecule has 0 atom stereocenters. The van der Waals surface area contributed by atoms with Gasteiger partial charge in [-0.05, 0) is 43.5 Å². The van der Waals surface area contributed by atoms with E-state index in [0.717, 1.165) is 19.6 Å². The zero-order valence-electron chi connectivity index (χ0n) is 12.5. The zero-order valence-corrected chi connectivity index (χ0v) is 12.5. The monoisotopic (exact) mass is 282 g/mol. The number of rotatable bonds is 6. The lowest BCUT2D eigenvalue weighted by Crippen LogP contribution is -2.23. The average molecular weight is 282 g/mol. The predicted molar refractivity (Wildman–Crippen MR) is 88.9 cm³/mol. The molecule has 0 unspecified atom stereocenters. The highest BCUT2D eigenvalue weighted by Crippen LogP contribution is 2.43. The van der Waals surface area contributed by atoms with E-state index in [1.807, 2.05) is 0 Å². The van der Waals surface area contributed by atoms with Crippen molar-refractivity contribution < 1.29 is 4.74 Å². The molecule has 110 valence electrons. The predicted octanol–water partition coefficient (Wildman–Crippen LogP) is 4.70. The number of methoxy groups -OCH3 is 1. The number of benzene rings is 2. The van der Waals surface area contributed by atoms with Crippen LogP contribution in [0.25, 0.3) is 0 Å². The molecule has 0 bridgehead atoms. The molecule has 0 aromatic heterocycles. The Morgan fingerprint density at radius 3 is 2.10 bits per heavy atom. The van der Waals surface area contributed by atoms with Crippen molar-refractivity contribution in [2.24, 2.45) is 0 Å². The standard InChI is InChI=1S/C18H22N2O/c1-21-14-8-2-7-13-20-17-11-5-3-9-15(17)19-16-10-4-6-12-18(16)20/h3-6,9-12,19H,2,7-8,13-14H2,1H3. The Morgan fingerprint density at radius 2 is 1.48 bits per heavy atom. The molecular weight excluding hydrogens is 260 g/mol. The van der Waals surface area contributed by atoms with E-state index in [0.29, 0.717) is 0 Å². The van der Waals surface area contributed by atoms with Crippen LogP contribution in [0.4, 0.5) is 22.7 Å². The molecule has 0 saturated carbocycles. The maximum absolute atomic E-state index is 5.12. The van der Waals surface area contributed by atoms with E-state index < -0.39 is 0 Å². The number of unbranched alkanes of at least 4 members (excludes halogenated alkanes) is 2. The summed E-state index contributed by atoms with van der Waals surface area (Å²) in [6, 6.07) is 17.0. The minimum atomic E-state index is 0.856. The molecule has 1 N–H and O–H groups in total. The van der Waals surface area contributed by atoms with Gasteiger partial charge in [-0.2, -0.15) is 0 Å². The van der Waals surface area contributed by atoms with Gasteiger partial charge >= 0.3 is 0 Å². The topological polar surface area (TPSA) is 24.5 Å². The first-order valence-corrected chi connectivity index (χ1v) is 7.62. The van der Waals surface area contributed by atoms with E-state index in [-0.39, 0.29) is 0 Å². The van der Waals surface area contributed by atoms with Gasteiger partial charge in [-0.15, -0.1) is 0 Å². The van der Waals surface area contributed by atoms with E-state index >= 15 is 0 Å². The molecule has 3 nitrogen and oxygen atoms in total. The van der Waals surface area contributed by atoms with Crippen molar-refractivity contribution >= 4 is 22.7 Å². The summed E-state index contributed by atoms with van der Waals surface area (Å²) in [5.74, 6) is 0. The van der Waals surface area contributed by atoms with Gasteiger partial charge in [0, 0.05) is 20.3 Å². The fraction of sp³-hybridized carbons (Fsp3) is 0.333. The smallest absolute Gasteiger partial charge is 0.0650 e. The SMILES string of the molecule is COCCCCCN1c2ccccc2Nc2ccccc21. The number of hydrogen-bond donors (Lipinski definition) is 1. The molecule has 2 aromatic rings. The highest BCUT2D eigenvalue weighted by molar-refractivity contribution is 5.91. The van der Waals surface area contributed by atoms with Crippen LogP contribution < -0.4 is 10.2 Å². The normalized spacial score (nSPS) is 12.5. The summed E-state index contributed by atoms with van der Waals surface area (Å²) in [5, 5.41) is 3.52. The van der Waals surface area contributed by atoms with Crippen molar-refractivity contribution in [3.8, 4) is 0 Å². The Hall–Kier alpha value is -2.00. The molecule has 3 rings (SSSR count). The first-order chi connectivity index (χ1) is 10.4. The van der Waals surface area contributed by atoms with Crippen molar-refractivity contribution in [3.63, 3.8) is 0 Å². The van der Waals surface area contributed by atoms with Gasteiger partial charge in [-0.3, -0.25) is 0 Å². The van der Waals surface area contributed by atoms with Crippen molar-refractivity contribution in [2.45, 2.75) is 19.3 Å². The third-order valence-corrected chi connectivity index (χ3v) is 3.89. The first-order valence-electron chi connectivity index (χ1n) is 7.62. The molecule has 0 saturated heterocycles. The molecule has 1 heterocycles. The molecule has 0 radical (unpaired) electrons. The number of nitrogens with zero attached hydrogens (tertiary/aromatic N) is 1. The lowest BCUT2D eigenvalue weighted by molar-refractivity contribution is 0.192. The van der Waals surface area contributed by atoms with Crippen LogP contribution in [0.5, 0.6) is 0 Å². The Labute approximate surface area is 126 Å². The van der Waals surface area contributed by atoms with Crippen molar-refractivity contribution in [2.75, 3.05) is 30.5 Å². The maximum atomic E-state index is 5.12. The van der Waals surface area contributed by atoms with Gasteiger partial charge in [0.2, 0.25) is 0 Å². The van der Waals surface area contributed by atoms with E-state index in [9.17, 15) is 0 Å². The summed E-state index contributed by atoms with van der Waals surface area (Å²) in [6.45, 7) is 1.90. The molecule has 3 heteroatoms. The Bertz CT molecular complexity index is 552. The number of hydrogen-bond acceptors (Lipinski definition) is 3. The summed E-state index contributed by atoms with van der Waals surface area (Å²) in [7, 11) is 1.77. The second kappa shape index (κ2) is 6.64. The molecule has 2 aromatic carbocycles. The Morgan fingerprint density at radius 1 is 0.857 bits per heavy atom. The van der Waals surface area contributed by atoms with Crippen molar-refractivity contribution in [1.29, 1.82) is 0 Å². The van der Waals surface area contributed by atoms with Crippen LogP contribution in [0.1, 0.15) is 19.3 Å². The fourth-order valence-electron chi connectivity index (χ4n) is 2.84. The summed E-state index contributed by atoms with van der Waals surface area (Å²) in [5.41, 5.74) is 4.91. The third kappa shape index (κ3) is 3.03. The molecule has 21 heavy (non-hydrogen) atoms. The highest BCUT2D eigenvalue weighted by atomic mass is 16.5. The van der Waals surface area contributed by atoms with Gasteiger partial charge in [-0.25, -0.2) is 0 Å². The molecule has 0 spiro atoms. The number of ether oxygens (including phenoxy) is 1. The quantitative estimate of drug-likeness (QED) is 0.777. The highest BCUT2D eigenvalue weighted by Gasteiger charge is 2.20. The lowest BCUT2D eigenvalue weighted by Gasteiger charge is -2.34. The van der Waals surface area contributed by atoms with Crippen LogP contribution in [-0.4, -0.2) is 20.3 Å². The fourth-order valence-corrected chi connectivity index (χ4v) is 2.84. The number of nitrogens with one attached hydrogen (secondary N) is 1. The summed E-state index contributed by atoms with van der Waals surface area (Å²) in [6.07, 6.45) is 3.50. The van der Waals surface area contributed by atoms with E-state index in [1.54, 1.807) is 7.11 Å². The Kier molecular flexibility index (Phi) is 4.41. The number of fused-ring (bicyclic) bond motifs is 2. The van der Waals surface area contributed by atoms with Gasteiger partial charge in [0.1, 0.15) is 0 Å². The third-order valence-electron chi connectivity index (χ3n) is 3.89. The lowest BCUT2D eigenvalue weighted by atomic mass is 10.1. The number of anilines is 4. The van der Waals surface area contributed by atoms with E-state index in [2.05, 4.69) is 58.7 Å². The van der Waals surface area contributed by atoms with Gasteiger partial charge in [0.15, 0.2) is 0 Å². The van der Waals surface area contributed by atoms with Crippen LogP contribution in [0.3, 0.4) is 0 Å².